The lowest BCUT2D eigenvalue weighted by Gasteiger charge is -2.12. The first kappa shape index (κ1) is 18.5. The van der Waals surface area contributed by atoms with Crippen molar-refractivity contribution in [1.29, 1.82) is 0 Å². The average molecular weight is 420 g/mol. The van der Waals surface area contributed by atoms with Gasteiger partial charge in [-0.25, -0.2) is 14.5 Å². The van der Waals surface area contributed by atoms with Gasteiger partial charge < -0.3 is 0 Å². The van der Waals surface area contributed by atoms with Gasteiger partial charge in [-0.1, -0.05) is 6.92 Å². The lowest BCUT2D eigenvalue weighted by atomic mass is 10.1. The standard InChI is InChI=1S/C19H19F3N6S/c1-4-12-10(3)29-18-15(12)17-24-16(26-27(17)8-23-18)9(2)28-13(11-5-6-11)7-14(25-28)19(20,21)22/h7-9,11H,4-6H2,1-3H3/t9-/m0/s1. The Kier molecular flexibility index (Phi) is 4.00. The van der Waals surface area contributed by atoms with Gasteiger partial charge in [-0.15, -0.1) is 16.4 Å². The van der Waals surface area contributed by atoms with E-state index in [1.54, 1.807) is 29.1 Å². The molecule has 152 valence electrons. The third-order valence-electron chi connectivity index (χ3n) is 5.49. The second kappa shape index (κ2) is 6.25. The van der Waals surface area contributed by atoms with Crippen LogP contribution in [0, 0.1) is 6.92 Å². The molecule has 1 aliphatic rings. The smallest absolute Gasteiger partial charge is 0.258 e. The van der Waals surface area contributed by atoms with Crippen LogP contribution in [0.2, 0.25) is 0 Å². The van der Waals surface area contributed by atoms with Gasteiger partial charge in [-0.05, 0) is 44.7 Å². The molecule has 0 aliphatic heterocycles. The van der Waals surface area contributed by atoms with Gasteiger partial charge in [0, 0.05) is 16.5 Å². The molecule has 0 amide bonds. The maximum atomic E-state index is 13.2. The molecule has 5 rings (SSSR count). The lowest BCUT2D eigenvalue weighted by Crippen LogP contribution is -2.15. The molecule has 0 spiro atoms. The summed E-state index contributed by atoms with van der Waals surface area (Å²) in [5.41, 5.74) is 1.62. The highest BCUT2D eigenvalue weighted by atomic mass is 32.1. The molecule has 10 heteroatoms. The van der Waals surface area contributed by atoms with E-state index in [0.29, 0.717) is 17.2 Å². The predicted molar refractivity (Wildman–Crippen MR) is 103 cm³/mol. The number of hydrogen-bond acceptors (Lipinski definition) is 5. The largest absolute Gasteiger partial charge is 0.435 e. The van der Waals surface area contributed by atoms with Crippen molar-refractivity contribution in [2.75, 3.05) is 0 Å². The molecule has 1 aliphatic carbocycles. The van der Waals surface area contributed by atoms with Gasteiger partial charge in [0.1, 0.15) is 17.2 Å². The minimum Gasteiger partial charge on any atom is -0.258 e. The van der Waals surface area contributed by atoms with E-state index in [1.165, 1.54) is 21.2 Å². The third kappa shape index (κ3) is 2.92. The molecule has 1 atom stereocenters. The van der Waals surface area contributed by atoms with Crippen molar-refractivity contribution in [3.05, 3.63) is 40.0 Å². The minimum absolute atomic E-state index is 0.123. The number of fused-ring (bicyclic) bond motifs is 3. The van der Waals surface area contributed by atoms with Crippen LogP contribution in [0.3, 0.4) is 0 Å². The summed E-state index contributed by atoms with van der Waals surface area (Å²) in [4.78, 5) is 11.3. The molecule has 0 N–H and O–H groups in total. The average Bonchev–Trinajstić information content (AvgIpc) is 3.13. The summed E-state index contributed by atoms with van der Waals surface area (Å²) in [6, 6.07) is 0.655. The molecule has 29 heavy (non-hydrogen) atoms. The van der Waals surface area contributed by atoms with Crippen molar-refractivity contribution in [3.8, 4) is 0 Å². The van der Waals surface area contributed by atoms with E-state index in [1.807, 2.05) is 0 Å². The number of thiophene rings is 1. The fourth-order valence-corrected chi connectivity index (χ4v) is 4.91. The molecule has 1 saturated carbocycles. The first-order chi connectivity index (χ1) is 13.8. The van der Waals surface area contributed by atoms with Gasteiger partial charge in [-0.2, -0.15) is 18.3 Å². The molecule has 6 nitrogen and oxygen atoms in total. The number of aryl methyl sites for hydroxylation is 2. The van der Waals surface area contributed by atoms with Gasteiger partial charge in [0.25, 0.3) is 0 Å². The van der Waals surface area contributed by atoms with Crippen molar-refractivity contribution in [3.63, 3.8) is 0 Å². The Balaban J connectivity index is 1.64. The molecular weight excluding hydrogens is 401 g/mol. The summed E-state index contributed by atoms with van der Waals surface area (Å²) in [7, 11) is 0. The van der Waals surface area contributed by atoms with Crippen LogP contribution in [0.5, 0.6) is 0 Å². The summed E-state index contributed by atoms with van der Waals surface area (Å²) in [5.74, 6) is 0.557. The van der Waals surface area contributed by atoms with Crippen LogP contribution < -0.4 is 0 Å². The van der Waals surface area contributed by atoms with E-state index in [0.717, 1.165) is 29.5 Å². The summed E-state index contributed by atoms with van der Waals surface area (Å²) < 4.78 is 42.8. The molecule has 4 aromatic heterocycles. The highest BCUT2D eigenvalue weighted by Gasteiger charge is 2.39. The van der Waals surface area contributed by atoms with Gasteiger partial charge in [0.2, 0.25) is 0 Å². The fraction of sp³-hybridized carbons (Fsp3) is 0.474. The Morgan fingerprint density at radius 1 is 1.28 bits per heavy atom. The van der Waals surface area contributed by atoms with Gasteiger partial charge in [0.15, 0.2) is 17.2 Å². The normalized spacial score (nSPS) is 16.2. The Morgan fingerprint density at radius 2 is 2.03 bits per heavy atom. The van der Waals surface area contributed by atoms with E-state index >= 15 is 0 Å². The quantitative estimate of drug-likeness (QED) is 0.471. The summed E-state index contributed by atoms with van der Waals surface area (Å²) >= 11 is 1.62. The molecule has 0 unspecified atom stereocenters. The van der Waals surface area contributed by atoms with E-state index < -0.39 is 17.9 Å². The fourth-order valence-electron chi connectivity index (χ4n) is 3.84. The van der Waals surface area contributed by atoms with E-state index in [-0.39, 0.29) is 5.92 Å². The molecule has 1 fully saturated rings. The number of aromatic nitrogens is 6. The number of halogens is 3. The zero-order valence-electron chi connectivity index (χ0n) is 16.2. The second-order valence-corrected chi connectivity index (χ2v) is 8.70. The van der Waals surface area contributed by atoms with E-state index in [2.05, 4.69) is 29.0 Å². The van der Waals surface area contributed by atoms with Gasteiger partial charge in [0.05, 0.1) is 5.39 Å². The van der Waals surface area contributed by atoms with Crippen molar-refractivity contribution >= 4 is 27.2 Å². The SMILES string of the molecule is CCc1c(C)sc2ncn3nc([C@H](C)n4nc(C(F)(F)F)cc4C4CC4)nc3c12. The van der Waals surface area contributed by atoms with Crippen LogP contribution >= 0.6 is 11.3 Å². The van der Waals surface area contributed by atoms with Crippen LogP contribution in [0.4, 0.5) is 13.2 Å². The highest BCUT2D eigenvalue weighted by molar-refractivity contribution is 7.18. The molecule has 0 saturated heterocycles. The van der Waals surface area contributed by atoms with Crippen molar-refractivity contribution < 1.29 is 13.2 Å². The van der Waals surface area contributed by atoms with Crippen molar-refractivity contribution in [1.82, 2.24) is 29.4 Å². The monoisotopic (exact) mass is 420 g/mol. The molecule has 0 aromatic carbocycles. The van der Waals surface area contributed by atoms with E-state index in [4.69, 9.17) is 4.98 Å². The second-order valence-electron chi connectivity index (χ2n) is 7.50. The van der Waals surface area contributed by atoms with Crippen LogP contribution in [-0.4, -0.2) is 29.4 Å². The molecule has 0 radical (unpaired) electrons. The van der Waals surface area contributed by atoms with Crippen LogP contribution in [-0.2, 0) is 12.6 Å². The summed E-state index contributed by atoms with van der Waals surface area (Å²) in [6.07, 6.45) is -0.242. The number of rotatable bonds is 4. The van der Waals surface area contributed by atoms with E-state index in [9.17, 15) is 13.2 Å². The first-order valence-electron chi connectivity index (χ1n) is 9.57. The number of alkyl halides is 3. The Labute approximate surface area is 168 Å². The Hall–Kier alpha value is -2.49. The maximum Gasteiger partial charge on any atom is 0.435 e. The summed E-state index contributed by atoms with van der Waals surface area (Å²) in [6.45, 7) is 5.94. The van der Waals surface area contributed by atoms with Crippen LogP contribution in [0.25, 0.3) is 15.9 Å². The predicted octanol–water partition coefficient (Wildman–Crippen LogP) is 4.91. The molecule has 4 aromatic rings. The zero-order valence-corrected chi connectivity index (χ0v) is 17.0. The first-order valence-corrected chi connectivity index (χ1v) is 10.4. The maximum absolute atomic E-state index is 13.2. The van der Waals surface area contributed by atoms with Crippen LogP contribution in [0.15, 0.2) is 12.4 Å². The van der Waals surface area contributed by atoms with Crippen molar-refractivity contribution in [2.24, 2.45) is 0 Å². The zero-order chi connectivity index (χ0) is 20.5. The van der Waals surface area contributed by atoms with Gasteiger partial charge >= 0.3 is 6.18 Å². The Bertz CT molecular complexity index is 1230. The number of hydrogen-bond donors (Lipinski definition) is 0. The highest BCUT2D eigenvalue weighted by Crippen LogP contribution is 2.43. The van der Waals surface area contributed by atoms with Crippen LogP contribution in [0.1, 0.15) is 66.3 Å². The molecule has 0 bridgehead atoms. The van der Waals surface area contributed by atoms with Gasteiger partial charge in [-0.3, -0.25) is 4.68 Å². The molecule has 4 heterocycles. The lowest BCUT2D eigenvalue weighted by molar-refractivity contribution is -0.141. The minimum atomic E-state index is -4.47. The topological polar surface area (TPSA) is 60.9 Å². The Morgan fingerprint density at radius 3 is 2.69 bits per heavy atom. The summed E-state index contributed by atoms with van der Waals surface area (Å²) in [5, 5.41) is 9.37. The molecular formula is C19H19F3N6S. The van der Waals surface area contributed by atoms with Crippen molar-refractivity contribution in [2.45, 2.75) is 58.2 Å². The number of nitrogens with zero attached hydrogens (tertiary/aromatic N) is 6. The third-order valence-corrected chi connectivity index (χ3v) is 6.55.